The summed E-state index contributed by atoms with van der Waals surface area (Å²) in [6.45, 7) is 5.07. The number of nitrogens with zero attached hydrogens (tertiary/aromatic N) is 1. The van der Waals surface area contributed by atoms with Gasteiger partial charge in [0, 0.05) is 23.6 Å². The van der Waals surface area contributed by atoms with Crippen LogP contribution in [0.25, 0.3) is 0 Å². The maximum absolute atomic E-state index is 5.68. The van der Waals surface area contributed by atoms with E-state index in [0.29, 0.717) is 6.54 Å². The fourth-order valence-electron chi connectivity index (χ4n) is 3.01. The summed E-state index contributed by atoms with van der Waals surface area (Å²) in [7, 11) is 0. The Morgan fingerprint density at radius 3 is 2.58 bits per heavy atom. The van der Waals surface area contributed by atoms with E-state index < -0.39 is 0 Å². The quantitative estimate of drug-likeness (QED) is 0.884. The Morgan fingerprint density at radius 1 is 1.26 bits per heavy atom. The zero-order chi connectivity index (χ0) is 13.7. The number of nitrogens with two attached hydrogens (primary N) is 1. The molecule has 3 heteroatoms. The lowest BCUT2D eigenvalue weighted by Gasteiger charge is -2.33. The van der Waals surface area contributed by atoms with E-state index in [2.05, 4.69) is 46.0 Å². The van der Waals surface area contributed by atoms with Gasteiger partial charge in [-0.2, -0.15) is 0 Å². The lowest BCUT2D eigenvalue weighted by Crippen LogP contribution is -2.36. The summed E-state index contributed by atoms with van der Waals surface area (Å²) in [6.07, 6.45) is 6.95. The summed E-state index contributed by atoms with van der Waals surface area (Å²) in [6, 6.07) is 7.30. The fraction of sp³-hybridized carbons (Fsp3) is 0.625. The first-order valence-corrected chi connectivity index (χ1v) is 8.25. The van der Waals surface area contributed by atoms with Crippen molar-refractivity contribution in [3.05, 3.63) is 33.8 Å². The van der Waals surface area contributed by atoms with Crippen LogP contribution in [0.3, 0.4) is 0 Å². The van der Waals surface area contributed by atoms with Crippen molar-refractivity contribution in [3.63, 3.8) is 0 Å². The smallest absolute Gasteiger partial charge is 0.0247 e. The molecular formula is C16H25BrN2. The maximum atomic E-state index is 5.68. The zero-order valence-electron chi connectivity index (χ0n) is 11.9. The van der Waals surface area contributed by atoms with Crippen molar-refractivity contribution in [1.29, 1.82) is 0 Å². The zero-order valence-corrected chi connectivity index (χ0v) is 13.5. The predicted molar refractivity (Wildman–Crippen MR) is 85.0 cm³/mol. The summed E-state index contributed by atoms with van der Waals surface area (Å²) in [4.78, 5) is 2.63. The van der Waals surface area contributed by atoms with Gasteiger partial charge in [-0.15, -0.1) is 0 Å². The molecule has 19 heavy (non-hydrogen) atoms. The van der Waals surface area contributed by atoms with Crippen molar-refractivity contribution in [2.75, 3.05) is 6.54 Å². The molecule has 0 saturated heterocycles. The third-order valence-electron chi connectivity index (χ3n) is 4.22. The first-order chi connectivity index (χ1) is 9.24. The second kappa shape index (κ2) is 7.41. The van der Waals surface area contributed by atoms with Gasteiger partial charge in [-0.25, -0.2) is 0 Å². The van der Waals surface area contributed by atoms with Gasteiger partial charge in [0.2, 0.25) is 0 Å². The van der Waals surface area contributed by atoms with E-state index in [1.807, 2.05) is 0 Å². The molecule has 2 nitrogen and oxygen atoms in total. The highest BCUT2D eigenvalue weighted by atomic mass is 79.9. The van der Waals surface area contributed by atoms with Crippen molar-refractivity contribution in [2.24, 2.45) is 5.73 Å². The van der Waals surface area contributed by atoms with Crippen LogP contribution in [0.5, 0.6) is 0 Å². The molecule has 1 fully saturated rings. The van der Waals surface area contributed by atoms with E-state index >= 15 is 0 Å². The minimum Gasteiger partial charge on any atom is -0.326 e. The van der Waals surface area contributed by atoms with Crippen LogP contribution in [0.15, 0.2) is 22.7 Å². The molecule has 0 atom stereocenters. The van der Waals surface area contributed by atoms with Gasteiger partial charge in [-0.3, -0.25) is 4.90 Å². The monoisotopic (exact) mass is 324 g/mol. The SMILES string of the molecule is CCN(Cc1ccc(CN)cc1Br)C1CCCCC1. The van der Waals surface area contributed by atoms with Crippen molar-refractivity contribution >= 4 is 15.9 Å². The Hall–Kier alpha value is -0.380. The first-order valence-electron chi connectivity index (χ1n) is 7.46. The van der Waals surface area contributed by atoms with Gasteiger partial charge in [-0.1, -0.05) is 54.2 Å². The second-order valence-corrected chi connectivity index (χ2v) is 6.34. The van der Waals surface area contributed by atoms with E-state index in [0.717, 1.165) is 19.1 Å². The van der Waals surface area contributed by atoms with E-state index in [-0.39, 0.29) is 0 Å². The van der Waals surface area contributed by atoms with E-state index in [4.69, 9.17) is 5.73 Å². The Kier molecular flexibility index (Phi) is 5.86. The minimum atomic E-state index is 0.610. The van der Waals surface area contributed by atoms with E-state index in [1.54, 1.807) is 0 Å². The van der Waals surface area contributed by atoms with Crippen LogP contribution in [0.1, 0.15) is 50.2 Å². The summed E-state index contributed by atoms with van der Waals surface area (Å²) < 4.78 is 1.20. The molecule has 106 valence electrons. The van der Waals surface area contributed by atoms with Crippen molar-refractivity contribution in [2.45, 2.75) is 58.2 Å². The molecule has 1 aliphatic carbocycles. The molecule has 2 rings (SSSR count). The Bertz CT molecular complexity index is 400. The maximum Gasteiger partial charge on any atom is 0.0247 e. The molecule has 0 aliphatic heterocycles. The Morgan fingerprint density at radius 2 is 2.00 bits per heavy atom. The van der Waals surface area contributed by atoms with Crippen LogP contribution >= 0.6 is 15.9 Å². The average molecular weight is 325 g/mol. The highest BCUT2D eigenvalue weighted by Gasteiger charge is 2.20. The van der Waals surface area contributed by atoms with Crippen LogP contribution in [0.2, 0.25) is 0 Å². The largest absolute Gasteiger partial charge is 0.326 e. The van der Waals surface area contributed by atoms with Crippen molar-refractivity contribution < 1.29 is 0 Å². The highest BCUT2D eigenvalue weighted by molar-refractivity contribution is 9.10. The molecule has 0 unspecified atom stereocenters. The minimum absolute atomic E-state index is 0.610. The topological polar surface area (TPSA) is 29.3 Å². The normalized spacial score (nSPS) is 17.1. The third-order valence-corrected chi connectivity index (χ3v) is 4.96. The highest BCUT2D eigenvalue weighted by Crippen LogP contribution is 2.26. The number of hydrogen-bond donors (Lipinski definition) is 1. The fourth-order valence-corrected chi connectivity index (χ4v) is 3.56. The first kappa shape index (κ1) is 15.0. The van der Waals surface area contributed by atoms with E-state index in [1.165, 1.54) is 47.7 Å². The predicted octanol–water partition coefficient (Wildman–Crippen LogP) is 4.06. The Labute approximate surface area is 125 Å². The Balaban J connectivity index is 2.04. The molecule has 2 N–H and O–H groups in total. The van der Waals surface area contributed by atoms with Crippen LogP contribution < -0.4 is 5.73 Å². The van der Waals surface area contributed by atoms with Gasteiger partial charge in [0.1, 0.15) is 0 Å². The van der Waals surface area contributed by atoms with Crippen LogP contribution in [0.4, 0.5) is 0 Å². The van der Waals surface area contributed by atoms with Crippen molar-refractivity contribution in [1.82, 2.24) is 4.90 Å². The molecule has 0 bridgehead atoms. The number of rotatable bonds is 5. The van der Waals surface area contributed by atoms with Gasteiger partial charge in [0.25, 0.3) is 0 Å². The summed E-state index contributed by atoms with van der Waals surface area (Å²) in [5.74, 6) is 0. The molecule has 0 amide bonds. The van der Waals surface area contributed by atoms with E-state index in [9.17, 15) is 0 Å². The molecule has 0 radical (unpaired) electrons. The molecule has 1 saturated carbocycles. The second-order valence-electron chi connectivity index (χ2n) is 5.48. The standard InChI is InChI=1S/C16H25BrN2/c1-2-19(15-6-4-3-5-7-15)12-14-9-8-13(11-18)10-16(14)17/h8-10,15H,2-7,11-12,18H2,1H3. The van der Waals surface area contributed by atoms with Crippen LogP contribution in [-0.2, 0) is 13.1 Å². The van der Waals surface area contributed by atoms with Gasteiger partial charge >= 0.3 is 0 Å². The van der Waals surface area contributed by atoms with Gasteiger partial charge < -0.3 is 5.73 Å². The van der Waals surface area contributed by atoms with Gasteiger partial charge in [-0.05, 0) is 36.6 Å². The third kappa shape index (κ3) is 4.04. The van der Waals surface area contributed by atoms with Crippen LogP contribution in [0, 0.1) is 0 Å². The summed E-state index contributed by atoms with van der Waals surface area (Å²) in [5.41, 5.74) is 8.25. The molecular weight excluding hydrogens is 300 g/mol. The number of halogens is 1. The van der Waals surface area contributed by atoms with Gasteiger partial charge in [0.05, 0.1) is 0 Å². The summed E-state index contributed by atoms with van der Waals surface area (Å²) in [5, 5.41) is 0. The van der Waals surface area contributed by atoms with Crippen molar-refractivity contribution in [3.8, 4) is 0 Å². The lowest BCUT2D eigenvalue weighted by molar-refractivity contribution is 0.155. The molecule has 0 heterocycles. The molecule has 1 aliphatic rings. The molecule has 0 spiro atoms. The molecule has 0 aromatic heterocycles. The number of hydrogen-bond acceptors (Lipinski definition) is 2. The average Bonchev–Trinajstić information content (AvgIpc) is 2.47. The number of benzene rings is 1. The molecule has 1 aromatic rings. The lowest BCUT2D eigenvalue weighted by atomic mass is 9.94. The van der Waals surface area contributed by atoms with Gasteiger partial charge in [0.15, 0.2) is 0 Å². The summed E-state index contributed by atoms with van der Waals surface area (Å²) >= 11 is 3.69. The van der Waals surface area contributed by atoms with Crippen LogP contribution in [-0.4, -0.2) is 17.5 Å². The molecule has 1 aromatic carbocycles.